The van der Waals surface area contributed by atoms with E-state index in [-0.39, 0.29) is 6.15 Å². The SMILES string of the molecule is CC.F[B-](F)(F)F.[NH4+]. The Bertz CT molecular complexity index is 29.5. The molecule has 0 aromatic rings. The number of rotatable bonds is 0. The van der Waals surface area contributed by atoms with Gasteiger partial charge < -0.3 is 23.4 Å². The lowest BCUT2D eigenvalue weighted by Gasteiger charge is -1.94. The summed E-state index contributed by atoms with van der Waals surface area (Å²) in [6.07, 6.45) is 0. The second-order valence-corrected chi connectivity index (χ2v) is 0.495. The van der Waals surface area contributed by atoms with Gasteiger partial charge in [-0.25, -0.2) is 0 Å². The van der Waals surface area contributed by atoms with Crippen LogP contribution in [0.3, 0.4) is 0 Å². The van der Waals surface area contributed by atoms with Gasteiger partial charge in [-0.1, -0.05) is 13.8 Å². The van der Waals surface area contributed by atoms with Gasteiger partial charge in [0.15, 0.2) is 0 Å². The summed E-state index contributed by atoms with van der Waals surface area (Å²) in [7, 11) is -6.00. The molecule has 1 nitrogen and oxygen atoms in total. The summed E-state index contributed by atoms with van der Waals surface area (Å²) in [5, 5.41) is 0. The molecule has 0 unspecified atom stereocenters. The van der Waals surface area contributed by atoms with Crippen molar-refractivity contribution in [3.05, 3.63) is 0 Å². The molecular formula is C2H10BF4N. The number of hydrogen-bond acceptors (Lipinski definition) is 0. The Hall–Kier alpha value is -0.255. The highest BCUT2D eigenvalue weighted by molar-refractivity contribution is 6.50. The zero-order valence-corrected chi connectivity index (χ0v) is 5.09. The molecule has 0 amide bonds. The molecule has 0 bridgehead atoms. The van der Waals surface area contributed by atoms with Crippen LogP contribution in [0.25, 0.3) is 0 Å². The molecule has 0 saturated carbocycles. The van der Waals surface area contributed by atoms with E-state index in [0.717, 1.165) is 0 Å². The van der Waals surface area contributed by atoms with Gasteiger partial charge in [0.2, 0.25) is 0 Å². The van der Waals surface area contributed by atoms with Gasteiger partial charge >= 0.3 is 7.25 Å². The maximum absolute atomic E-state index is 9.75. The van der Waals surface area contributed by atoms with Crippen molar-refractivity contribution in [3.8, 4) is 0 Å². The Morgan fingerprint density at radius 1 is 0.875 bits per heavy atom. The summed E-state index contributed by atoms with van der Waals surface area (Å²) >= 11 is 0. The van der Waals surface area contributed by atoms with E-state index in [1.807, 2.05) is 13.8 Å². The zero-order valence-electron chi connectivity index (χ0n) is 5.09. The quantitative estimate of drug-likeness (QED) is 0.391. The predicted molar refractivity (Wildman–Crippen MR) is 27.5 cm³/mol. The van der Waals surface area contributed by atoms with Crippen molar-refractivity contribution >= 4 is 7.25 Å². The first-order valence-corrected chi connectivity index (χ1v) is 1.87. The average Bonchev–Trinajstić information content (AvgIpc) is 1.36. The van der Waals surface area contributed by atoms with E-state index in [9.17, 15) is 17.3 Å². The fourth-order valence-electron chi connectivity index (χ4n) is 0. The first-order chi connectivity index (χ1) is 3.00. The lowest BCUT2D eigenvalue weighted by molar-refractivity contribution is 0.368. The molecule has 6 heteroatoms. The van der Waals surface area contributed by atoms with Gasteiger partial charge in [0.1, 0.15) is 0 Å². The Balaban J connectivity index is -0.0000000750. The van der Waals surface area contributed by atoms with E-state index in [1.54, 1.807) is 0 Å². The van der Waals surface area contributed by atoms with Gasteiger partial charge in [0.05, 0.1) is 0 Å². The standard InChI is InChI=1S/C2H6.BF4.H3N/c1-2;2-1(3,4)5;/h1-2H3;;1H3/q;-1;/p+1. The number of hydrogen-bond donors (Lipinski definition) is 1. The molecule has 8 heavy (non-hydrogen) atoms. The fraction of sp³-hybridized carbons (Fsp3) is 1.00. The normalized spacial score (nSPS) is 8.25. The summed E-state index contributed by atoms with van der Waals surface area (Å²) in [4.78, 5) is 0. The summed E-state index contributed by atoms with van der Waals surface area (Å²) in [6.45, 7) is 4.00. The van der Waals surface area contributed by atoms with Crippen molar-refractivity contribution < 1.29 is 17.3 Å². The predicted octanol–water partition coefficient (Wildman–Crippen LogP) is 2.70. The van der Waals surface area contributed by atoms with Gasteiger partial charge in [-0.3, -0.25) is 0 Å². The van der Waals surface area contributed by atoms with Gasteiger partial charge in [0.25, 0.3) is 0 Å². The fourth-order valence-corrected chi connectivity index (χ4v) is 0. The third-order valence-electron chi connectivity index (χ3n) is 0. The molecule has 0 aromatic carbocycles. The lowest BCUT2D eigenvalue weighted by atomic mass is 10.3. The van der Waals surface area contributed by atoms with Crippen molar-refractivity contribution in [1.82, 2.24) is 6.15 Å². The Labute approximate surface area is 45.8 Å². The second-order valence-electron chi connectivity index (χ2n) is 0.495. The summed E-state index contributed by atoms with van der Waals surface area (Å²) < 4.78 is 39.0. The molecule has 0 fully saturated rings. The average molecular weight is 135 g/mol. The summed E-state index contributed by atoms with van der Waals surface area (Å²) in [6, 6.07) is 0. The first-order valence-electron chi connectivity index (χ1n) is 1.87. The molecule has 0 radical (unpaired) electrons. The topological polar surface area (TPSA) is 36.5 Å². The maximum Gasteiger partial charge on any atom is 0.673 e. The van der Waals surface area contributed by atoms with Gasteiger partial charge in [-0.2, -0.15) is 0 Å². The van der Waals surface area contributed by atoms with Crippen LogP contribution in [0.15, 0.2) is 0 Å². The van der Waals surface area contributed by atoms with Crippen molar-refractivity contribution in [3.63, 3.8) is 0 Å². The largest absolute Gasteiger partial charge is 0.673 e. The molecule has 0 aromatic heterocycles. The van der Waals surface area contributed by atoms with E-state index in [0.29, 0.717) is 0 Å². The molecule has 0 atom stereocenters. The van der Waals surface area contributed by atoms with Crippen molar-refractivity contribution in [2.45, 2.75) is 13.8 Å². The molecular weight excluding hydrogens is 125 g/mol. The van der Waals surface area contributed by atoms with E-state index in [2.05, 4.69) is 0 Å². The molecule has 0 spiro atoms. The molecule has 0 aliphatic carbocycles. The third-order valence-corrected chi connectivity index (χ3v) is 0. The molecule has 4 N–H and O–H groups in total. The molecule has 54 valence electrons. The minimum Gasteiger partial charge on any atom is -0.418 e. The van der Waals surface area contributed by atoms with Crippen LogP contribution in [-0.4, -0.2) is 7.25 Å². The van der Waals surface area contributed by atoms with Crippen LogP contribution >= 0.6 is 0 Å². The smallest absolute Gasteiger partial charge is 0.418 e. The van der Waals surface area contributed by atoms with Crippen LogP contribution in [0.1, 0.15) is 13.8 Å². The monoisotopic (exact) mass is 135 g/mol. The summed E-state index contributed by atoms with van der Waals surface area (Å²) in [5.74, 6) is 0. The van der Waals surface area contributed by atoms with Crippen LogP contribution in [0, 0.1) is 0 Å². The molecule has 0 saturated heterocycles. The first kappa shape index (κ1) is 15.6. The lowest BCUT2D eigenvalue weighted by Crippen LogP contribution is -2.02. The van der Waals surface area contributed by atoms with Gasteiger partial charge in [-0.05, 0) is 0 Å². The second kappa shape index (κ2) is 6.74. The Kier molecular flexibility index (Phi) is 13.2. The maximum atomic E-state index is 9.75. The Morgan fingerprint density at radius 2 is 0.875 bits per heavy atom. The van der Waals surface area contributed by atoms with Crippen molar-refractivity contribution in [2.24, 2.45) is 0 Å². The number of halogens is 4. The zero-order chi connectivity index (χ0) is 6.50. The van der Waals surface area contributed by atoms with Gasteiger partial charge in [-0.15, -0.1) is 0 Å². The highest BCUT2D eigenvalue weighted by Crippen LogP contribution is 2.06. The van der Waals surface area contributed by atoms with Gasteiger partial charge in [0, 0.05) is 0 Å². The number of quaternary nitrogens is 1. The van der Waals surface area contributed by atoms with E-state index >= 15 is 0 Å². The van der Waals surface area contributed by atoms with Crippen LogP contribution in [0.2, 0.25) is 0 Å². The van der Waals surface area contributed by atoms with E-state index in [4.69, 9.17) is 0 Å². The molecule has 0 heterocycles. The van der Waals surface area contributed by atoms with Crippen LogP contribution < -0.4 is 6.15 Å². The van der Waals surface area contributed by atoms with Crippen LogP contribution in [0.4, 0.5) is 17.3 Å². The Morgan fingerprint density at radius 3 is 0.875 bits per heavy atom. The van der Waals surface area contributed by atoms with Crippen molar-refractivity contribution in [2.75, 3.05) is 0 Å². The molecule has 0 rings (SSSR count). The minimum atomic E-state index is -6.00. The molecule has 0 aliphatic rings. The van der Waals surface area contributed by atoms with Crippen LogP contribution in [0.5, 0.6) is 0 Å². The third kappa shape index (κ3) is 1990. The summed E-state index contributed by atoms with van der Waals surface area (Å²) in [5.41, 5.74) is 0. The van der Waals surface area contributed by atoms with Crippen molar-refractivity contribution in [1.29, 1.82) is 0 Å². The van der Waals surface area contributed by atoms with E-state index < -0.39 is 7.25 Å². The highest BCUT2D eigenvalue weighted by Gasteiger charge is 2.20. The highest BCUT2D eigenvalue weighted by atomic mass is 19.5. The molecule has 0 aliphatic heterocycles. The van der Waals surface area contributed by atoms with E-state index in [1.165, 1.54) is 0 Å². The van der Waals surface area contributed by atoms with Crippen LogP contribution in [-0.2, 0) is 0 Å². The minimum absolute atomic E-state index is 0.